The maximum absolute atomic E-state index is 12.7. The van der Waals surface area contributed by atoms with Crippen LogP contribution in [-0.4, -0.2) is 16.6 Å². The van der Waals surface area contributed by atoms with Crippen LogP contribution in [0.25, 0.3) is 0 Å². The minimum atomic E-state index is -2.43. The number of nitro groups is 1. The molecule has 21 heavy (non-hydrogen) atoms. The number of para-hydroxylation sites is 1. The molecule has 104 valence electrons. The molecule has 1 aliphatic heterocycles. The first kappa shape index (κ1) is 13.0. The third-order valence-electron chi connectivity index (χ3n) is 3.54. The molecule has 1 N–H and O–H groups in total. The Morgan fingerprint density at radius 1 is 0.952 bits per heavy atom. The number of benzene rings is 2. The van der Waals surface area contributed by atoms with E-state index in [0.29, 0.717) is 5.69 Å². The summed E-state index contributed by atoms with van der Waals surface area (Å²) in [5.74, 6) is -1.76. The van der Waals surface area contributed by atoms with Crippen molar-refractivity contribution >= 4 is 17.4 Å². The largest absolute Gasteiger partial charge is 0.385 e. The Bertz CT molecular complexity index is 757. The highest BCUT2D eigenvalue weighted by Crippen LogP contribution is 2.37. The normalized spacial score (nSPS) is 20.6. The second-order valence-corrected chi connectivity index (χ2v) is 4.66. The van der Waals surface area contributed by atoms with Gasteiger partial charge in [-0.1, -0.05) is 42.5 Å². The Labute approximate surface area is 119 Å². The Kier molecular flexibility index (Phi) is 2.79. The van der Waals surface area contributed by atoms with Gasteiger partial charge in [-0.3, -0.25) is 19.7 Å². The summed E-state index contributed by atoms with van der Waals surface area (Å²) >= 11 is 0. The number of ketones is 1. The Hall–Kier alpha value is -3.02. The van der Waals surface area contributed by atoms with Crippen molar-refractivity contribution in [3.05, 3.63) is 75.8 Å². The van der Waals surface area contributed by atoms with Crippen LogP contribution in [0.15, 0.2) is 54.6 Å². The zero-order valence-electron chi connectivity index (χ0n) is 10.8. The molecule has 0 spiro atoms. The van der Waals surface area contributed by atoms with E-state index in [1.54, 1.807) is 36.4 Å². The summed E-state index contributed by atoms with van der Waals surface area (Å²) in [6.07, 6.45) is 0. The van der Waals surface area contributed by atoms with E-state index in [-0.39, 0.29) is 11.1 Å². The van der Waals surface area contributed by atoms with Crippen LogP contribution >= 0.6 is 0 Å². The molecule has 2 aromatic rings. The average molecular weight is 282 g/mol. The van der Waals surface area contributed by atoms with E-state index >= 15 is 0 Å². The van der Waals surface area contributed by atoms with Gasteiger partial charge in [0.05, 0.1) is 5.69 Å². The van der Waals surface area contributed by atoms with Gasteiger partial charge in [0.25, 0.3) is 5.78 Å². The van der Waals surface area contributed by atoms with Crippen LogP contribution in [0.4, 0.5) is 5.69 Å². The highest BCUT2D eigenvalue weighted by Gasteiger charge is 2.62. The van der Waals surface area contributed by atoms with Crippen LogP contribution in [-0.2, 0) is 10.3 Å². The number of carbonyl (C=O) groups excluding carboxylic acids is 2. The maximum atomic E-state index is 12.7. The van der Waals surface area contributed by atoms with E-state index in [1.807, 2.05) is 0 Å². The summed E-state index contributed by atoms with van der Waals surface area (Å²) in [4.78, 5) is 35.9. The van der Waals surface area contributed by atoms with Gasteiger partial charge in [-0.2, -0.15) is 0 Å². The van der Waals surface area contributed by atoms with Gasteiger partial charge in [-0.15, -0.1) is 0 Å². The average Bonchev–Trinajstić information content (AvgIpc) is 2.48. The minimum Gasteiger partial charge on any atom is -0.318 e. The van der Waals surface area contributed by atoms with Crippen LogP contribution in [0.1, 0.15) is 15.9 Å². The predicted molar refractivity (Wildman–Crippen MR) is 74.5 cm³/mol. The fourth-order valence-corrected chi connectivity index (χ4v) is 2.51. The van der Waals surface area contributed by atoms with Crippen LogP contribution in [0.3, 0.4) is 0 Å². The third-order valence-corrected chi connectivity index (χ3v) is 3.54. The van der Waals surface area contributed by atoms with Gasteiger partial charge in [0, 0.05) is 16.1 Å². The highest BCUT2D eigenvalue weighted by molar-refractivity contribution is 6.26. The number of fused-ring (bicyclic) bond motifs is 1. The van der Waals surface area contributed by atoms with E-state index in [2.05, 4.69) is 5.32 Å². The molecule has 6 heteroatoms. The molecule has 6 nitrogen and oxygen atoms in total. The third kappa shape index (κ3) is 1.66. The lowest BCUT2D eigenvalue weighted by Crippen LogP contribution is -2.55. The summed E-state index contributed by atoms with van der Waals surface area (Å²) in [7, 11) is 0. The van der Waals surface area contributed by atoms with E-state index in [1.165, 1.54) is 18.2 Å². The fraction of sp³-hybridized carbons (Fsp3) is 0.0667. The van der Waals surface area contributed by atoms with Gasteiger partial charge in [0.1, 0.15) is 0 Å². The van der Waals surface area contributed by atoms with Crippen LogP contribution in [0.2, 0.25) is 0 Å². The first-order valence-corrected chi connectivity index (χ1v) is 6.24. The van der Waals surface area contributed by atoms with Crippen molar-refractivity contribution in [1.82, 2.24) is 0 Å². The highest BCUT2D eigenvalue weighted by atomic mass is 16.6. The standard InChI is InChI=1S/C15H10N2O4/c18-13-11-8-4-5-9-12(11)16-14(19)15(13,17(20)21)10-6-2-1-3-7-10/h1-9H,(H,16,19). The quantitative estimate of drug-likeness (QED) is 0.518. The Morgan fingerprint density at radius 3 is 2.24 bits per heavy atom. The summed E-state index contributed by atoms with van der Waals surface area (Å²) < 4.78 is 0. The van der Waals surface area contributed by atoms with Crippen molar-refractivity contribution in [1.29, 1.82) is 0 Å². The topological polar surface area (TPSA) is 89.3 Å². The van der Waals surface area contributed by atoms with Crippen molar-refractivity contribution < 1.29 is 14.5 Å². The Morgan fingerprint density at radius 2 is 1.57 bits per heavy atom. The second kappa shape index (κ2) is 4.52. The summed E-state index contributed by atoms with van der Waals surface area (Å²) in [5, 5.41) is 14.1. The lowest BCUT2D eigenvalue weighted by Gasteiger charge is -2.28. The van der Waals surface area contributed by atoms with Gasteiger partial charge in [0.15, 0.2) is 0 Å². The van der Waals surface area contributed by atoms with Gasteiger partial charge in [0.2, 0.25) is 0 Å². The molecule has 1 heterocycles. The van der Waals surface area contributed by atoms with E-state index in [4.69, 9.17) is 0 Å². The molecule has 3 rings (SSSR count). The van der Waals surface area contributed by atoms with Crippen molar-refractivity contribution in [2.45, 2.75) is 5.54 Å². The summed E-state index contributed by atoms with van der Waals surface area (Å²) in [5.41, 5.74) is -1.96. The summed E-state index contributed by atoms with van der Waals surface area (Å²) in [6, 6.07) is 13.9. The molecule has 2 aromatic carbocycles. The number of rotatable bonds is 2. The van der Waals surface area contributed by atoms with Gasteiger partial charge < -0.3 is 5.32 Å². The number of Topliss-reactive ketones (excluding diaryl/α,β-unsaturated/α-hetero) is 1. The second-order valence-electron chi connectivity index (χ2n) is 4.66. The number of amides is 1. The monoisotopic (exact) mass is 282 g/mol. The zero-order chi connectivity index (χ0) is 15.0. The van der Waals surface area contributed by atoms with Crippen LogP contribution in [0.5, 0.6) is 0 Å². The number of nitrogens with zero attached hydrogens (tertiary/aromatic N) is 1. The van der Waals surface area contributed by atoms with Crippen molar-refractivity contribution in [2.24, 2.45) is 0 Å². The molecule has 1 unspecified atom stereocenters. The smallest absolute Gasteiger partial charge is 0.318 e. The van der Waals surface area contributed by atoms with E-state index in [0.717, 1.165) is 0 Å². The SMILES string of the molecule is O=C1Nc2ccccc2C(=O)C1(c1ccccc1)[N+](=O)[O-]. The zero-order valence-corrected chi connectivity index (χ0v) is 10.8. The van der Waals surface area contributed by atoms with Gasteiger partial charge >= 0.3 is 11.4 Å². The molecule has 0 bridgehead atoms. The van der Waals surface area contributed by atoms with E-state index in [9.17, 15) is 19.7 Å². The molecule has 0 saturated carbocycles. The summed E-state index contributed by atoms with van der Waals surface area (Å²) in [6.45, 7) is 0. The van der Waals surface area contributed by atoms with Gasteiger partial charge in [-0.25, -0.2) is 0 Å². The van der Waals surface area contributed by atoms with Crippen molar-refractivity contribution in [3.63, 3.8) is 0 Å². The van der Waals surface area contributed by atoms with Gasteiger partial charge in [-0.05, 0) is 12.1 Å². The molecule has 0 fully saturated rings. The number of hydrogen-bond acceptors (Lipinski definition) is 4. The number of nitrogens with one attached hydrogen (secondary N) is 1. The van der Waals surface area contributed by atoms with Crippen LogP contribution in [0, 0.1) is 10.1 Å². The molecule has 1 atom stereocenters. The van der Waals surface area contributed by atoms with E-state index < -0.39 is 22.2 Å². The first-order chi connectivity index (χ1) is 10.1. The fourth-order valence-electron chi connectivity index (χ4n) is 2.51. The molecular weight excluding hydrogens is 272 g/mol. The lowest BCUT2D eigenvalue weighted by molar-refractivity contribution is -0.540. The molecule has 0 aliphatic carbocycles. The van der Waals surface area contributed by atoms with Crippen LogP contribution < -0.4 is 5.32 Å². The lowest BCUT2D eigenvalue weighted by atomic mass is 9.79. The number of anilines is 1. The maximum Gasteiger partial charge on any atom is 0.385 e. The molecule has 0 radical (unpaired) electrons. The number of carbonyl (C=O) groups is 2. The molecular formula is C15H10N2O4. The molecule has 0 saturated heterocycles. The first-order valence-electron chi connectivity index (χ1n) is 6.24. The molecule has 1 amide bonds. The molecule has 1 aliphatic rings. The van der Waals surface area contributed by atoms with Crippen molar-refractivity contribution in [3.8, 4) is 0 Å². The Balaban J connectivity index is 2.30. The predicted octanol–water partition coefficient (Wildman–Crippen LogP) is 1.99. The molecule has 0 aromatic heterocycles. The number of hydrogen-bond donors (Lipinski definition) is 1. The van der Waals surface area contributed by atoms with Crippen molar-refractivity contribution in [2.75, 3.05) is 5.32 Å². The minimum absolute atomic E-state index is 0.0482.